The topological polar surface area (TPSA) is 54.0 Å². The number of alkyl halides is 3. The van der Waals surface area contributed by atoms with Crippen LogP contribution in [-0.2, 0) is 29.3 Å². The molecule has 0 aliphatic carbocycles. The third-order valence-electron chi connectivity index (χ3n) is 6.09. The van der Waals surface area contributed by atoms with Crippen LogP contribution in [-0.4, -0.2) is 49.8 Å². The molecule has 8 atom stereocenters. The van der Waals surface area contributed by atoms with E-state index in [9.17, 15) is 18.0 Å². The van der Waals surface area contributed by atoms with Gasteiger partial charge in [-0.15, -0.1) is 0 Å². The Morgan fingerprint density at radius 3 is 2.15 bits per heavy atom. The van der Waals surface area contributed by atoms with E-state index in [0.717, 1.165) is 7.11 Å². The lowest BCUT2D eigenvalue weighted by Crippen LogP contribution is -2.56. The molecule has 4 saturated heterocycles. The first-order valence-electron chi connectivity index (χ1n) is 8.91. The molecular formula is C19H21F3O5. The van der Waals surface area contributed by atoms with Crippen LogP contribution in [0.15, 0.2) is 30.3 Å². The number of carbonyl (C=O) groups is 1. The number of ether oxygens (including phenoxy) is 4. The van der Waals surface area contributed by atoms with Crippen molar-refractivity contribution in [2.24, 2.45) is 11.8 Å². The number of benzene rings is 1. The Labute approximate surface area is 154 Å². The van der Waals surface area contributed by atoms with E-state index in [1.54, 1.807) is 6.07 Å². The van der Waals surface area contributed by atoms with Crippen molar-refractivity contribution in [3.63, 3.8) is 0 Å². The fourth-order valence-corrected chi connectivity index (χ4v) is 4.72. The second-order valence-corrected chi connectivity index (χ2v) is 7.47. The summed E-state index contributed by atoms with van der Waals surface area (Å²) in [5.41, 5.74) is -3.54. The molecule has 0 saturated carbocycles. The van der Waals surface area contributed by atoms with Gasteiger partial charge in [-0.2, -0.15) is 13.2 Å². The van der Waals surface area contributed by atoms with Crippen molar-refractivity contribution >= 4 is 5.97 Å². The van der Waals surface area contributed by atoms with E-state index in [0.29, 0.717) is 0 Å². The van der Waals surface area contributed by atoms with Crippen LogP contribution in [0.4, 0.5) is 13.2 Å². The molecule has 1 aromatic carbocycles. The molecule has 0 amide bonds. The highest BCUT2D eigenvalue weighted by Gasteiger charge is 2.68. The summed E-state index contributed by atoms with van der Waals surface area (Å²) >= 11 is 0. The van der Waals surface area contributed by atoms with Gasteiger partial charge in [0.05, 0.1) is 12.2 Å². The van der Waals surface area contributed by atoms with E-state index >= 15 is 0 Å². The van der Waals surface area contributed by atoms with E-state index in [-0.39, 0.29) is 29.6 Å². The van der Waals surface area contributed by atoms with Crippen molar-refractivity contribution in [2.45, 2.75) is 56.1 Å². The number of rotatable bonds is 4. The number of halogens is 3. The molecular weight excluding hydrogens is 365 g/mol. The summed E-state index contributed by atoms with van der Waals surface area (Å²) in [6, 6.07) is 6.78. The maximum Gasteiger partial charge on any atom is 0.432 e. The average Bonchev–Trinajstić information content (AvgIpc) is 3.04. The fraction of sp³-hybridized carbons (Fsp3) is 0.632. The molecule has 0 unspecified atom stereocenters. The van der Waals surface area contributed by atoms with Gasteiger partial charge in [-0.25, -0.2) is 4.79 Å². The van der Waals surface area contributed by atoms with Crippen LogP contribution in [0.1, 0.15) is 19.4 Å². The Kier molecular flexibility index (Phi) is 4.29. The van der Waals surface area contributed by atoms with Gasteiger partial charge in [0.15, 0.2) is 6.10 Å². The molecule has 5 nitrogen and oxygen atoms in total. The molecule has 4 aliphatic rings. The normalized spacial score (nSPS) is 39.4. The van der Waals surface area contributed by atoms with E-state index < -0.39 is 36.1 Å². The summed E-state index contributed by atoms with van der Waals surface area (Å²) in [7, 11) is 0.853. The maximum atomic E-state index is 14.0. The Morgan fingerprint density at radius 1 is 0.963 bits per heavy atom. The zero-order valence-corrected chi connectivity index (χ0v) is 15.1. The van der Waals surface area contributed by atoms with Crippen LogP contribution >= 0.6 is 0 Å². The first-order valence-corrected chi connectivity index (χ1v) is 8.91. The minimum absolute atomic E-state index is 0.0300. The summed E-state index contributed by atoms with van der Waals surface area (Å²) < 4.78 is 64.0. The molecule has 4 bridgehead atoms. The predicted molar refractivity (Wildman–Crippen MR) is 86.7 cm³/mol. The Bertz CT molecular complexity index is 720. The lowest BCUT2D eigenvalue weighted by Gasteiger charge is -2.40. The van der Waals surface area contributed by atoms with Crippen LogP contribution in [0.25, 0.3) is 0 Å². The molecule has 27 heavy (non-hydrogen) atoms. The van der Waals surface area contributed by atoms with E-state index in [4.69, 9.17) is 18.9 Å². The number of carbonyl (C=O) groups excluding carboxylic acids is 1. The summed E-state index contributed by atoms with van der Waals surface area (Å²) in [4.78, 5) is 12.9. The molecule has 4 heterocycles. The van der Waals surface area contributed by atoms with E-state index in [2.05, 4.69) is 0 Å². The van der Waals surface area contributed by atoms with Gasteiger partial charge in [0, 0.05) is 24.5 Å². The van der Waals surface area contributed by atoms with Crippen LogP contribution in [0.3, 0.4) is 0 Å². The largest absolute Gasteiger partial charge is 0.454 e. The second kappa shape index (κ2) is 6.18. The van der Waals surface area contributed by atoms with E-state index in [1.807, 2.05) is 13.8 Å². The molecule has 0 radical (unpaired) electrons. The quantitative estimate of drug-likeness (QED) is 0.745. The minimum atomic E-state index is -5.00. The van der Waals surface area contributed by atoms with Gasteiger partial charge in [0.25, 0.3) is 5.60 Å². The highest BCUT2D eigenvalue weighted by Crippen LogP contribution is 2.52. The predicted octanol–water partition coefficient (Wildman–Crippen LogP) is 2.82. The average molecular weight is 386 g/mol. The van der Waals surface area contributed by atoms with Crippen molar-refractivity contribution in [1.29, 1.82) is 0 Å². The molecule has 148 valence electrons. The second-order valence-electron chi connectivity index (χ2n) is 7.47. The third-order valence-corrected chi connectivity index (χ3v) is 6.09. The lowest BCUT2D eigenvalue weighted by atomic mass is 9.87. The highest BCUT2D eigenvalue weighted by molar-refractivity contribution is 5.83. The highest BCUT2D eigenvalue weighted by atomic mass is 19.4. The van der Waals surface area contributed by atoms with Crippen molar-refractivity contribution in [2.75, 3.05) is 7.11 Å². The number of hydrogen-bond donors (Lipinski definition) is 0. The monoisotopic (exact) mass is 386 g/mol. The Balaban J connectivity index is 1.66. The summed E-state index contributed by atoms with van der Waals surface area (Å²) in [6.07, 6.45) is -7.21. The minimum Gasteiger partial charge on any atom is -0.454 e. The first kappa shape index (κ1) is 18.7. The molecule has 4 fully saturated rings. The van der Waals surface area contributed by atoms with Crippen molar-refractivity contribution < 1.29 is 36.9 Å². The number of hydrogen-bond acceptors (Lipinski definition) is 5. The van der Waals surface area contributed by atoms with Gasteiger partial charge in [-0.05, 0) is 0 Å². The molecule has 4 aliphatic heterocycles. The Hall–Kier alpha value is -1.64. The Morgan fingerprint density at radius 2 is 1.56 bits per heavy atom. The van der Waals surface area contributed by atoms with Gasteiger partial charge in [-0.3, -0.25) is 0 Å². The van der Waals surface area contributed by atoms with Crippen LogP contribution in [0.5, 0.6) is 0 Å². The van der Waals surface area contributed by atoms with Crippen molar-refractivity contribution in [3.05, 3.63) is 35.9 Å². The van der Waals surface area contributed by atoms with Gasteiger partial charge >= 0.3 is 12.1 Å². The molecule has 0 spiro atoms. The first-order chi connectivity index (χ1) is 12.7. The molecule has 1 aromatic rings. The number of methoxy groups -OCH3 is 1. The summed E-state index contributed by atoms with van der Waals surface area (Å²) in [5.74, 6) is -1.47. The third kappa shape index (κ3) is 2.46. The number of esters is 1. The fourth-order valence-electron chi connectivity index (χ4n) is 4.72. The lowest BCUT2D eigenvalue weighted by molar-refractivity contribution is -0.282. The van der Waals surface area contributed by atoms with Gasteiger partial charge in [0.2, 0.25) is 0 Å². The molecule has 8 heteroatoms. The van der Waals surface area contributed by atoms with Crippen LogP contribution in [0, 0.1) is 11.8 Å². The zero-order chi connectivity index (χ0) is 19.6. The van der Waals surface area contributed by atoms with Gasteiger partial charge in [-0.1, -0.05) is 44.2 Å². The molecule has 0 N–H and O–H groups in total. The van der Waals surface area contributed by atoms with Gasteiger partial charge in [0.1, 0.15) is 12.2 Å². The van der Waals surface area contributed by atoms with Gasteiger partial charge < -0.3 is 18.9 Å². The smallest absolute Gasteiger partial charge is 0.432 e. The van der Waals surface area contributed by atoms with Crippen molar-refractivity contribution in [1.82, 2.24) is 0 Å². The molecule has 5 rings (SSSR count). The summed E-state index contributed by atoms with van der Waals surface area (Å²) in [5, 5.41) is 0. The van der Waals surface area contributed by atoms with E-state index in [1.165, 1.54) is 24.3 Å². The summed E-state index contributed by atoms with van der Waals surface area (Å²) in [6.45, 7) is 3.88. The molecule has 0 aromatic heterocycles. The standard InChI is InChI=1S/C19H21F3O5/c1-9-12-10(2)14-16(15(25-12)13(9)26-14)27-17(23)18(24-3,19(20,21)22)11-7-5-4-6-8-11/h4-10,12-16H,1-3H3/t9-,10+,12+,13+,14-,15-,16-,18+/m0/s1. The zero-order valence-electron chi connectivity index (χ0n) is 15.1. The SMILES string of the molecule is CO[C@@](C(=O)O[C@@H]1[C@H]2O[C@H]3[C@@H](C)[C@@H]1O[C@@H]2[C@H]3C)(c1ccccc1)C(F)(F)F. The maximum absolute atomic E-state index is 14.0. The van der Waals surface area contributed by atoms with Crippen LogP contribution in [0.2, 0.25) is 0 Å². The van der Waals surface area contributed by atoms with Crippen molar-refractivity contribution in [3.8, 4) is 0 Å². The van der Waals surface area contributed by atoms with Crippen LogP contribution < -0.4 is 0 Å².